The molecular weight excluding hydrogens is 226 g/mol. The third kappa shape index (κ3) is 5.45. The Labute approximate surface area is 110 Å². The monoisotopic (exact) mass is 251 g/mol. The molecule has 1 aromatic heterocycles. The molecule has 0 spiro atoms. The molecule has 0 bridgehead atoms. The average Bonchev–Trinajstić information content (AvgIpc) is 2.31. The molecule has 0 radical (unpaired) electrons. The summed E-state index contributed by atoms with van der Waals surface area (Å²) in [6.07, 6.45) is 0.937. The van der Waals surface area contributed by atoms with Gasteiger partial charge in [0.15, 0.2) is 0 Å². The van der Waals surface area contributed by atoms with Gasteiger partial charge in [-0.05, 0) is 38.8 Å². The van der Waals surface area contributed by atoms with Gasteiger partial charge in [-0.15, -0.1) is 5.10 Å². The number of nitrogens with one attached hydrogen (secondary N) is 1. The van der Waals surface area contributed by atoms with Crippen molar-refractivity contribution < 1.29 is 4.74 Å². The quantitative estimate of drug-likeness (QED) is 0.809. The first-order valence-electron chi connectivity index (χ1n) is 6.65. The summed E-state index contributed by atoms with van der Waals surface area (Å²) >= 11 is 0. The molecular formula is C14H25N3O. The minimum Gasteiger partial charge on any atom is -0.471 e. The second-order valence-electron chi connectivity index (χ2n) is 5.60. The van der Waals surface area contributed by atoms with Gasteiger partial charge in [0, 0.05) is 12.6 Å². The molecule has 1 rings (SSSR count). The second-order valence-corrected chi connectivity index (χ2v) is 5.60. The molecule has 1 heterocycles. The molecule has 0 atom stereocenters. The van der Waals surface area contributed by atoms with E-state index in [-0.39, 0.29) is 5.60 Å². The van der Waals surface area contributed by atoms with Crippen molar-refractivity contribution in [1.82, 2.24) is 15.5 Å². The van der Waals surface area contributed by atoms with Crippen molar-refractivity contribution >= 4 is 0 Å². The van der Waals surface area contributed by atoms with Crippen LogP contribution in [-0.4, -0.2) is 22.3 Å². The lowest BCUT2D eigenvalue weighted by atomic mass is 10.1. The van der Waals surface area contributed by atoms with Crippen LogP contribution in [0.5, 0.6) is 5.88 Å². The summed E-state index contributed by atoms with van der Waals surface area (Å²) in [6.45, 7) is 12.3. The topological polar surface area (TPSA) is 47.0 Å². The van der Waals surface area contributed by atoms with Gasteiger partial charge in [0.05, 0.1) is 5.69 Å². The summed E-state index contributed by atoms with van der Waals surface area (Å²) in [5, 5.41) is 11.6. The maximum Gasteiger partial charge on any atom is 0.233 e. The van der Waals surface area contributed by atoms with E-state index in [0.29, 0.717) is 11.8 Å². The lowest BCUT2D eigenvalue weighted by Crippen LogP contribution is -2.27. The van der Waals surface area contributed by atoms with Crippen molar-refractivity contribution in [2.75, 3.05) is 6.54 Å². The zero-order valence-electron chi connectivity index (χ0n) is 12.2. The Balaban J connectivity index is 2.47. The van der Waals surface area contributed by atoms with Crippen LogP contribution in [0.1, 0.15) is 46.7 Å². The normalized spacial score (nSPS) is 11.9. The van der Waals surface area contributed by atoms with Crippen LogP contribution >= 0.6 is 0 Å². The molecule has 102 valence electrons. The molecule has 0 aliphatic heterocycles. The minimum absolute atomic E-state index is 0.188. The van der Waals surface area contributed by atoms with E-state index in [4.69, 9.17) is 4.74 Å². The van der Waals surface area contributed by atoms with Crippen LogP contribution in [0.4, 0.5) is 0 Å². The van der Waals surface area contributed by atoms with Crippen LogP contribution < -0.4 is 10.1 Å². The van der Waals surface area contributed by atoms with Gasteiger partial charge < -0.3 is 10.1 Å². The van der Waals surface area contributed by atoms with Crippen LogP contribution in [0.2, 0.25) is 0 Å². The number of ether oxygens (including phenoxy) is 1. The van der Waals surface area contributed by atoms with Gasteiger partial charge in [0.25, 0.3) is 0 Å². The largest absolute Gasteiger partial charge is 0.471 e. The summed E-state index contributed by atoms with van der Waals surface area (Å²) in [4.78, 5) is 0. The smallest absolute Gasteiger partial charge is 0.233 e. The summed E-state index contributed by atoms with van der Waals surface area (Å²) < 4.78 is 5.75. The highest BCUT2D eigenvalue weighted by molar-refractivity contribution is 5.12. The molecule has 0 aliphatic carbocycles. The molecule has 1 N–H and O–H groups in total. The SMILES string of the molecule is CCC(C)(C)Oc1ccc(CNCC(C)C)nn1. The van der Waals surface area contributed by atoms with Gasteiger partial charge in [-0.2, -0.15) is 5.10 Å². The Hall–Kier alpha value is -1.16. The van der Waals surface area contributed by atoms with E-state index in [1.807, 2.05) is 26.0 Å². The number of nitrogens with zero attached hydrogens (tertiary/aromatic N) is 2. The lowest BCUT2D eigenvalue weighted by Gasteiger charge is -2.23. The van der Waals surface area contributed by atoms with Gasteiger partial charge in [-0.1, -0.05) is 20.8 Å². The fourth-order valence-corrected chi connectivity index (χ4v) is 1.34. The van der Waals surface area contributed by atoms with E-state index in [0.717, 1.165) is 25.2 Å². The van der Waals surface area contributed by atoms with E-state index in [1.54, 1.807) is 0 Å². The number of rotatable bonds is 7. The Kier molecular flexibility index (Phi) is 5.54. The van der Waals surface area contributed by atoms with Crippen molar-refractivity contribution in [2.45, 2.75) is 53.2 Å². The van der Waals surface area contributed by atoms with Crippen LogP contribution in [0, 0.1) is 5.92 Å². The summed E-state index contributed by atoms with van der Waals surface area (Å²) in [7, 11) is 0. The lowest BCUT2D eigenvalue weighted by molar-refractivity contribution is 0.0975. The van der Waals surface area contributed by atoms with Crippen molar-refractivity contribution in [1.29, 1.82) is 0 Å². The summed E-state index contributed by atoms with van der Waals surface area (Å²) in [5.74, 6) is 1.24. The zero-order valence-corrected chi connectivity index (χ0v) is 12.2. The molecule has 4 heteroatoms. The van der Waals surface area contributed by atoms with Crippen LogP contribution in [0.3, 0.4) is 0 Å². The van der Waals surface area contributed by atoms with Crippen molar-refractivity contribution in [2.24, 2.45) is 5.92 Å². The van der Waals surface area contributed by atoms with E-state index in [9.17, 15) is 0 Å². The maximum absolute atomic E-state index is 5.75. The zero-order chi connectivity index (χ0) is 13.6. The van der Waals surface area contributed by atoms with Gasteiger partial charge in [-0.25, -0.2) is 0 Å². The second kappa shape index (κ2) is 6.69. The highest BCUT2D eigenvalue weighted by atomic mass is 16.5. The number of hydrogen-bond donors (Lipinski definition) is 1. The predicted octanol–water partition coefficient (Wildman–Crippen LogP) is 2.79. The van der Waals surface area contributed by atoms with E-state index < -0.39 is 0 Å². The molecule has 0 unspecified atom stereocenters. The highest BCUT2D eigenvalue weighted by Crippen LogP contribution is 2.17. The van der Waals surface area contributed by atoms with Gasteiger partial charge in [-0.3, -0.25) is 0 Å². The first kappa shape index (κ1) is 14.9. The van der Waals surface area contributed by atoms with E-state index >= 15 is 0 Å². The van der Waals surface area contributed by atoms with Gasteiger partial charge in [0.1, 0.15) is 5.60 Å². The maximum atomic E-state index is 5.75. The average molecular weight is 251 g/mol. The number of aromatic nitrogens is 2. The molecule has 0 aromatic carbocycles. The summed E-state index contributed by atoms with van der Waals surface area (Å²) in [5.41, 5.74) is 0.754. The Morgan fingerprint density at radius 3 is 2.50 bits per heavy atom. The van der Waals surface area contributed by atoms with Crippen molar-refractivity contribution in [3.63, 3.8) is 0 Å². The van der Waals surface area contributed by atoms with E-state index in [1.165, 1.54) is 0 Å². The minimum atomic E-state index is -0.188. The first-order valence-corrected chi connectivity index (χ1v) is 6.65. The molecule has 18 heavy (non-hydrogen) atoms. The van der Waals surface area contributed by atoms with Crippen LogP contribution in [-0.2, 0) is 6.54 Å². The van der Waals surface area contributed by atoms with Gasteiger partial charge >= 0.3 is 0 Å². The third-order valence-electron chi connectivity index (χ3n) is 2.79. The fourth-order valence-electron chi connectivity index (χ4n) is 1.34. The third-order valence-corrected chi connectivity index (χ3v) is 2.79. The van der Waals surface area contributed by atoms with Crippen molar-refractivity contribution in [3.05, 3.63) is 17.8 Å². The standard InChI is InChI=1S/C14H25N3O/c1-6-14(4,5)18-13-8-7-12(16-17-13)10-15-9-11(2)3/h7-8,11,15H,6,9-10H2,1-5H3. The van der Waals surface area contributed by atoms with Crippen molar-refractivity contribution in [3.8, 4) is 5.88 Å². The highest BCUT2D eigenvalue weighted by Gasteiger charge is 2.17. The molecule has 0 fully saturated rings. The molecule has 4 nitrogen and oxygen atoms in total. The predicted molar refractivity (Wildman–Crippen MR) is 73.6 cm³/mol. The Bertz CT molecular complexity index is 347. The first-order chi connectivity index (χ1) is 8.43. The summed E-state index contributed by atoms with van der Waals surface area (Å²) in [6, 6.07) is 3.85. The fraction of sp³-hybridized carbons (Fsp3) is 0.714. The molecule has 1 aromatic rings. The van der Waals surface area contributed by atoms with Crippen LogP contribution in [0.25, 0.3) is 0 Å². The molecule has 0 saturated heterocycles. The molecule has 0 saturated carbocycles. The molecule has 0 amide bonds. The Morgan fingerprint density at radius 2 is 2.00 bits per heavy atom. The molecule has 0 aliphatic rings. The number of hydrogen-bond acceptors (Lipinski definition) is 4. The van der Waals surface area contributed by atoms with E-state index in [2.05, 4.69) is 36.3 Å². The van der Waals surface area contributed by atoms with Gasteiger partial charge in [0.2, 0.25) is 5.88 Å². The Morgan fingerprint density at radius 1 is 1.28 bits per heavy atom. The van der Waals surface area contributed by atoms with Crippen LogP contribution in [0.15, 0.2) is 12.1 Å².